The number of hydrogen-bond acceptors (Lipinski definition) is 3. The van der Waals surface area contributed by atoms with Crippen LogP contribution < -0.4 is 14.2 Å². The van der Waals surface area contributed by atoms with Gasteiger partial charge in [0.15, 0.2) is 0 Å². The maximum absolute atomic E-state index is 4.10. The van der Waals surface area contributed by atoms with E-state index in [9.17, 15) is 0 Å². The molecule has 0 aliphatic carbocycles. The Bertz CT molecular complexity index is 3060. The quantitative estimate of drug-likeness (QED) is 0.127. The van der Waals surface area contributed by atoms with Crippen molar-refractivity contribution < 1.29 is 29.2 Å². The minimum Gasteiger partial charge on any atom is -0.421 e. The molecule has 12 rings (SSSR count). The van der Waals surface area contributed by atoms with Gasteiger partial charge in [0, 0.05) is 56.9 Å². The molecule has 63 heavy (non-hydrogen) atoms. The molecule has 0 N–H and O–H groups in total. The number of fused-ring (bicyclic) bond motifs is 4. The first-order chi connectivity index (χ1) is 30.7. The first-order valence-electron chi connectivity index (χ1n) is 20.2. The fourth-order valence-corrected chi connectivity index (χ4v) is 7.60. The summed E-state index contributed by atoms with van der Waals surface area (Å²) in [6.45, 7) is 1.80. The number of hydrogen-bond donors (Lipinski definition) is 0. The number of pyridine rings is 1. The molecule has 4 aromatic heterocycles. The smallest absolute Gasteiger partial charge is 0.267 e. The van der Waals surface area contributed by atoms with Crippen LogP contribution in [-0.2, 0) is 20.1 Å². The SMILES string of the molecule is Cc1n[n-]c(-c2ccccn2)n1.[Ir].[c-]1ccc2ccccc2c1-n1[c-][n+](-c2cccc3ccccc23)cc1.[c-]1ccc2ccccc2c1-n1[c-][n+](-c2cccc3ccccc23)cc1. The van der Waals surface area contributed by atoms with E-state index in [1.807, 2.05) is 73.4 Å². The predicted octanol–water partition coefficient (Wildman–Crippen LogP) is 10.1. The van der Waals surface area contributed by atoms with Crippen LogP contribution in [0.1, 0.15) is 5.82 Å². The third-order valence-electron chi connectivity index (χ3n) is 10.5. The minimum absolute atomic E-state index is 0. The van der Waals surface area contributed by atoms with Crippen molar-refractivity contribution in [2.24, 2.45) is 0 Å². The van der Waals surface area contributed by atoms with E-state index in [1.165, 1.54) is 43.1 Å². The van der Waals surface area contributed by atoms with Crippen LogP contribution in [0.3, 0.4) is 0 Å². The largest absolute Gasteiger partial charge is 0.421 e. The molecule has 9 heteroatoms. The van der Waals surface area contributed by atoms with Gasteiger partial charge < -0.3 is 19.2 Å². The summed E-state index contributed by atoms with van der Waals surface area (Å²) >= 11 is 0. The average molecular weight is 990 g/mol. The molecule has 0 unspecified atom stereocenters. The fraction of sp³-hybridized carbons (Fsp3) is 0.0185. The van der Waals surface area contributed by atoms with E-state index >= 15 is 0 Å². The maximum atomic E-state index is 4.10. The maximum Gasteiger partial charge on any atom is 0.267 e. The molecule has 0 aliphatic rings. The second kappa shape index (κ2) is 18.4. The van der Waals surface area contributed by atoms with Crippen molar-refractivity contribution in [1.29, 1.82) is 0 Å². The monoisotopic (exact) mass is 990 g/mol. The summed E-state index contributed by atoms with van der Waals surface area (Å²) in [7, 11) is 0. The van der Waals surface area contributed by atoms with Gasteiger partial charge in [0.05, 0.1) is 17.1 Å². The van der Waals surface area contributed by atoms with E-state index in [2.05, 4.69) is 191 Å². The van der Waals surface area contributed by atoms with Crippen LogP contribution in [0.5, 0.6) is 0 Å². The summed E-state index contributed by atoms with van der Waals surface area (Å²) in [5.74, 6) is 1.27. The van der Waals surface area contributed by atoms with E-state index < -0.39 is 0 Å². The standard InChI is InChI=1S/2C23H15N2.C8H7N4.Ir/c2*1-3-11-20-18(7-1)9-5-13-22(20)24-15-16-25(17-24)23-14-6-10-19-8-2-4-12-21(19)23;1-6-10-8(12-11-6)7-4-2-3-5-9-7;/h2*1-13,15-16H;2-5H,1H3;/q3*-1;. The Hall–Kier alpha value is -7.84. The number of rotatable bonds is 5. The van der Waals surface area contributed by atoms with Crippen LogP contribution in [0.2, 0.25) is 0 Å². The zero-order valence-electron chi connectivity index (χ0n) is 34.0. The summed E-state index contributed by atoms with van der Waals surface area (Å²) in [4.78, 5) is 8.19. The van der Waals surface area contributed by atoms with E-state index in [0.717, 1.165) is 28.4 Å². The molecule has 8 aromatic carbocycles. The van der Waals surface area contributed by atoms with Gasteiger partial charge in [-0.25, -0.2) is 0 Å². The van der Waals surface area contributed by atoms with E-state index in [0.29, 0.717) is 11.6 Å². The summed E-state index contributed by atoms with van der Waals surface area (Å²) in [5, 5.41) is 17.3. The summed E-state index contributed by atoms with van der Waals surface area (Å²) in [6.07, 6.45) is 16.7. The molecule has 0 aliphatic heterocycles. The fourth-order valence-electron chi connectivity index (χ4n) is 7.60. The van der Waals surface area contributed by atoms with Crippen LogP contribution in [-0.4, -0.2) is 24.2 Å². The van der Waals surface area contributed by atoms with Crippen LogP contribution >= 0.6 is 0 Å². The summed E-state index contributed by atoms with van der Waals surface area (Å²) < 4.78 is 8.09. The van der Waals surface area contributed by atoms with Crippen LogP contribution in [0, 0.1) is 31.7 Å². The molecule has 8 nitrogen and oxygen atoms in total. The Morgan fingerprint density at radius 1 is 0.492 bits per heavy atom. The van der Waals surface area contributed by atoms with Crippen molar-refractivity contribution in [3.8, 4) is 34.3 Å². The molecular formula is C54H37IrN8-3. The Labute approximate surface area is 378 Å². The van der Waals surface area contributed by atoms with Crippen LogP contribution in [0.15, 0.2) is 207 Å². The van der Waals surface area contributed by atoms with Gasteiger partial charge in [0.2, 0.25) is 0 Å². The Morgan fingerprint density at radius 2 is 0.937 bits per heavy atom. The molecule has 12 aromatic rings. The number of aromatic nitrogens is 8. The molecular weight excluding hydrogens is 953 g/mol. The van der Waals surface area contributed by atoms with Crippen molar-refractivity contribution >= 4 is 43.1 Å². The second-order valence-corrected chi connectivity index (χ2v) is 14.5. The zero-order valence-corrected chi connectivity index (χ0v) is 36.4. The first-order valence-corrected chi connectivity index (χ1v) is 20.2. The Morgan fingerprint density at radius 3 is 1.40 bits per heavy atom. The van der Waals surface area contributed by atoms with E-state index in [-0.39, 0.29) is 20.1 Å². The molecule has 0 atom stereocenters. The molecule has 0 bridgehead atoms. The summed E-state index contributed by atoms with van der Waals surface area (Å²) in [5.41, 5.74) is 5.03. The van der Waals surface area contributed by atoms with Crippen molar-refractivity contribution in [1.82, 2.24) is 29.3 Å². The molecule has 305 valence electrons. The Kier molecular flexibility index (Phi) is 11.9. The third kappa shape index (κ3) is 8.57. The zero-order chi connectivity index (χ0) is 41.7. The van der Waals surface area contributed by atoms with Crippen molar-refractivity contribution in [3.05, 3.63) is 238 Å². The van der Waals surface area contributed by atoms with Crippen molar-refractivity contribution in [2.75, 3.05) is 0 Å². The predicted molar refractivity (Wildman–Crippen MR) is 243 cm³/mol. The Balaban J connectivity index is 0.000000126. The number of benzene rings is 8. The van der Waals surface area contributed by atoms with Gasteiger partial charge in [-0.05, 0) is 69.9 Å². The molecule has 0 fully saturated rings. The van der Waals surface area contributed by atoms with Gasteiger partial charge in [-0.2, -0.15) is 36.4 Å². The third-order valence-corrected chi connectivity index (χ3v) is 10.5. The molecule has 0 spiro atoms. The molecule has 1 radical (unpaired) electrons. The summed E-state index contributed by atoms with van der Waals surface area (Å²) in [6, 6.07) is 66.6. The first kappa shape index (κ1) is 40.6. The van der Waals surface area contributed by atoms with E-state index in [4.69, 9.17) is 0 Å². The van der Waals surface area contributed by atoms with Gasteiger partial charge in [-0.1, -0.05) is 115 Å². The van der Waals surface area contributed by atoms with Gasteiger partial charge in [0.1, 0.15) is 0 Å². The molecule has 0 saturated heterocycles. The topological polar surface area (TPSA) is 70.4 Å². The van der Waals surface area contributed by atoms with Gasteiger partial charge >= 0.3 is 0 Å². The average Bonchev–Trinajstić information content (AvgIpc) is 4.14. The van der Waals surface area contributed by atoms with E-state index in [1.54, 1.807) is 13.1 Å². The normalized spacial score (nSPS) is 10.8. The van der Waals surface area contributed by atoms with Crippen molar-refractivity contribution in [3.63, 3.8) is 0 Å². The molecule has 0 amide bonds. The van der Waals surface area contributed by atoms with Gasteiger partial charge in [-0.15, -0.1) is 33.7 Å². The van der Waals surface area contributed by atoms with Crippen LogP contribution in [0.4, 0.5) is 0 Å². The van der Waals surface area contributed by atoms with Gasteiger partial charge in [0.25, 0.3) is 12.7 Å². The van der Waals surface area contributed by atoms with Crippen molar-refractivity contribution in [2.45, 2.75) is 6.92 Å². The second-order valence-electron chi connectivity index (χ2n) is 14.5. The van der Waals surface area contributed by atoms with Gasteiger partial charge in [-0.3, -0.25) is 19.2 Å². The molecule has 0 saturated carbocycles. The minimum atomic E-state index is 0. The number of aryl methyl sites for hydroxylation is 1. The number of nitrogens with zero attached hydrogens (tertiary/aromatic N) is 8. The number of imidazole rings is 2. The molecule has 4 heterocycles. The van der Waals surface area contributed by atoms with Crippen LogP contribution in [0.25, 0.3) is 77.4 Å².